The smallest absolute Gasteiger partial charge is 0.383 e. The van der Waals surface area contributed by atoms with Gasteiger partial charge in [-0.25, -0.2) is 0 Å². The molecule has 9 heteroatoms. The first-order chi connectivity index (χ1) is 18.9. The first-order valence-electron chi connectivity index (χ1n) is 14.4. The maximum atomic E-state index is 15.1. The second kappa shape index (κ2) is 9.73. The average Bonchev–Trinajstić information content (AvgIpc) is 3.20. The molecule has 1 aromatic rings. The van der Waals surface area contributed by atoms with Gasteiger partial charge in [-0.1, -0.05) is 36.8 Å². The molecule has 5 aliphatic rings. The normalized spacial score (nSPS) is 35.2. The predicted molar refractivity (Wildman–Crippen MR) is 139 cm³/mol. The van der Waals surface area contributed by atoms with Gasteiger partial charge in [-0.2, -0.15) is 22.0 Å². The molecule has 0 aromatic heterocycles. The highest BCUT2D eigenvalue weighted by atomic mass is 19.4. The summed E-state index contributed by atoms with van der Waals surface area (Å²) < 4.78 is 76.9. The van der Waals surface area contributed by atoms with Gasteiger partial charge in [-0.3, -0.25) is 9.69 Å². The van der Waals surface area contributed by atoms with Gasteiger partial charge in [0.15, 0.2) is 5.78 Å². The fraction of sp³-hybridized carbons (Fsp3) is 0.645. The number of fused-ring (bicyclic) bond motifs is 4. The molecule has 0 radical (unpaired) electrons. The lowest BCUT2D eigenvalue weighted by Crippen LogP contribution is -2.65. The van der Waals surface area contributed by atoms with E-state index in [1.54, 1.807) is 6.08 Å². The molecule has 1 saturated heterocycles. The molecular weight excluding hydrogens is 529 g/mol. The summed E-state index contributed by atoms with van der Waals surface area (Å²) in [4.78, 5) is 14.5. The van der Waals surface area contributed by atoms with E-state index in [1.807, 2.05) is 24.3 Å². The Hall–Kier alpha value is -2.10. The Labute approximate surface area is 231 Å². The van der Waals surface area contributed by atoms with Gasteiger partial charge in [-0.15, -0.1) is 0 Å². The molecule has 5 atom stereocenters. The molecule has 1 aromatic carbocycles. The van der Waals surface area contributed by atoms with Crippen molar-refractivity contribution in [3.05, 3.63) is 58.2 Å². The van der Waals surface area contributed by atoms with Crippen LogP contribution in [0.4, 0.5) is 22.0 Å². The lowest BCUT2D eigenvalue weighted by atomic mass is 9.50. The number of benzene rings is 1. The molecule has 4 nitrogen and oxygen atoms in total. The summed E-state index contributed by atoms with van der Waals surface area (Å²) in [5.74, 6) is -6.27. The fourth-order valence-electron chi connectivity index (χ4n) is 8.59. The highest BCUT2D eigenvalue weighted by Gasteiger charge is 2.79. The number of hydrogen-bond donors (Lipinski definition) is 1. The van der Waals surface area contributed by atoms with E-state index in [-0.39, 0.29) is 24.5 Å². The van der Waals surface area contributed by atoms with E-state index in [0.29, 0.717) is 38.9 Å². The van der Waals surface area contributed by atoms with Gasteiger partial charge in [0.05, 0.1) is 13.2 Å². The van der Waals surface area contributed by atoms with Crippen LogP contribution in [0.15, 0.2) is 47.1 Å². The molecule has 0 bridgehead atoms. The SMILES string of the molecule is C[C@]12C[C@H](c3ccc(CN4CCOCC4)cc3)C3=C4CCC(=O)C=C4CC[C@H]3[C@@H]1CC[C@@]2(O)C(F)(F)C(F)(F)F. The monoisotopic (exact) mass is 565 g/mol. The first-order valence-corrected chi connectivity index (χ1v) is 14.4. The molecule has 1 aliphatic heterocycles. The molecule has 218 valence electrons. The third-order valence-corrected chi connectivity index (χ3v) is 10.7. The van der Waals surface area contributed by atoms with E-state index >= 15 is 8.78 Å². The summed E-state index contributed by atoms with van der Waals surface area (Å²) >= 11 is 0. The summed E-state index contributed by atoms with van der Waals surface area (Å²) in [7, 11) is 0. The first kappa shape index (κ1) is 28.0. The summed E-state index contributed by atoms with van der Waals surface area (Å²) in [5, 5.41) is 11.4. The number of carbonyl (C=O) groups excluding carboxylic acids is 1. The van der Waals surface area contributed by atoms with Gasteiger partial charge >= 0.3 is 12.1 Å². The zero-order valence-electron chi connectivity index (χ0n) is 22.7. The Bertz CT molecular complexity index is 1230. The number of carbonyl (C=O) groups is 1. The molecule has 0 amide bonds. The van der Waals surface area contributed by atoms with Crippen LogP contribution < -0.4 is 0 Å². The third kappa shape index (κ3) is 4.21. The quantitative estimate of drug-likeness (QED) is 0.433. The lowest BCUT2D eigenvalue weighted by molar-refractivity contribution is -0.362. The minimum Gasteiger partial charge on any atom is -0.383 e. The van der Waals surface area contributed by atoms with Crippen LogP contribution in [0.3, 0.4) is 0 Å². The maximum absolute atomic E-state index is 15.1. The Morgan fingerprint density at radius 2 is 1.73 bits per heavy atom. The highest BCUT2D eigenvalue weighted by Crippen LogP contribution is 2.70. The number of halogens is 5. The number of rotatable bonds is 4. The fourth-order valence-corrected chi connectivity index (χ4v) is 8.59. The number of nitrogens with zero attached hydrogens (tertiary/aromatic N) is 1. The summed E-state index contributed by atoms with van der Waals surface area (Å²) in [6.45, 7) is 5.24. The maximum Gasteiger partial charge on any atom is 0.456 e. The number of morpholine rings is 1. The molecule has 0 spiro atoms. The summed E-state index contributed by atoms with van der Waals surface area (Å²) in [6, 6.07) is 7.95. The molecular formula is C31H36F5NO3. The molecule has 2 saturated carbocycles. The van der Waals surface area contributed by atoms with Gasteiger partial charge < -0.3 is 9.84 Å². The van der Waals surface area contributed by atoms with Crippen molar-refractivity contribution >= 4 is 5.78 Å². The lowest BCUT2D eigenvalue weighted by Gasteiger charge is -2.56. The van der Waals surface area contributed by atoms with E-state index in [0.717, 1.165) is 47.5 Å². The summed E-state index contributed by atoms with van der Waals surface area (Å²) in [6.07, 6.45) is -2.51. The van der Waals surface area contributed by atoms with Crippen LogP contribution in [-0.2, 0) is 16.1 Å². The van der Waals surface area contributed by atoms with Crippen molar-refractivity contribution in [1.82, 2.24) is 4.90 Å². The van der Waals surface area contributed by atoms with Crippen molar-refractivity contribution in [3.8, 4) is 0 Å². The van der Waals surface area contributed by atoms with E-state index in [1.165, 1.54) is 6.92 Å². The number of ether oxygens (including phenoxy) is 1. The molecule has 4 aliphatic carbocycles. The predicted octanol–water partition coefficient (Wildman–Crippen LogP) is 6.35. The van der Waals surface area contributed by atoms with E-state index in [2.05, 4.69) is 4.90 Å². The second-order valence-electron chi connectivity index (χ2n) is 12.6. The van der Waals surface area contributed by atoms with Gasteiger partial charge in [0, 0.05) is 37.4 Å². The van der Waals surface area contributed by atoms with Crippen molar-refractivity contribution in [1.29, 1.82) is 0 Å². The zero-order valence-corrected chi connectivity index (χ0v) is 22.7. The Morgan fingerprint density at radius 1 is 1.02 bits per heavy atom. The Balaban J connectivity index is 1.42. The van der Waals surface area contributed by atoms with Crippen LogP contribution in [0.25, 0.3) is 0 Å². The van der Waals surface area contributed by atoms with E-state index in [4.69, 9.17) is 4.74 Å². The zero-order chi connectivity index (χ0) is 28.5. The van der Waals surface area contributed by atoms with Crippen molar-refractivity contribution < 1.29 is 36.6 Å². The standard InChI is InChI=1S/C31H36F5NO3/c1-28-17-25(20-4-2-19(3-5-20)18-37-12-14-40-15-13-37)27-23-9-7-22(38)16-21(23)6-8-24(27)26(28)10-11-29(28,39)30(32,33)31(34,35)36/h2-5,16,24-26,39H,6-15,17-18H2,1H3/t24-,25+,26-,28-,29-/m0/s1. The number of ketones is 1. The Morgan fingerprint density at radius 3 is 2.40 bits per heavy atom. The van der Waals surface area contributed by atoms with Crippen molar-refractivity contribution in [2.45, 2.75) is 82.0 Å². The van der Waals surface area contributed by atoms with Crippen molar-refractivity contribution in [3.63, 3.8) is 0 Å². The molecule has 3 fully saturated rings. The van der Waals surface area contributed by atoms with Crippen LogP contribution in [-0.4, -0.2) is 59.8 Å². The van der Waals surface area contributed by atoms with E-state index in [9.17, 15) is 23.1 Å². The molecule has 0 unspecified atom stereocenters. The summed E-state index contributed by atoms with van der Waals surface area (Å²) in [5.41, 5.74) is 0.282. The Kier molecular flexibility index (Phi) is 6.82. The largest absolute Gasteiger partial charge is 0.456 e. The van der Waals surface area contributed by atoms with Crippen LogP contribution in [0.5, 0.6) is 0 Å². The number of alkyl halides is 5. The third-order valence-electron chi connectivity index (χ3n) is 10.7. The number of hydrogen-bond acceptors (Lipinski definition) is 4. The molecule has 1 heterocycles. The van der Waals surface area contributed by atoms with Gasteiger partial charge in [-0.05, 0) is 78.7 Å². The molecule has 1 N–H and O–H groups in total. The molecule has 6 rings (SSSR count). The van der Waals surface area contributed by atoms with Gasteiger partial charge in [0.2, 0.25) is 0 Å². The average molecular weight is 566 g/mol. The van der Waals surface area contributed by atoms with Gasteiger partial charge in [0.1, 0.15) is 5.60 Å². The van der Waals surface area contributed by atoms with Crippen molar-refractivity contribution in [2.75, 3.05) is 26.3 Å². The number of allylic oxidation sites excluding steroid dienone is 4. The number of aliphatic hydroxyl groups is 1. The topological polar surface area (TPSA) is 49.8 Å². The van der Waals surface area contributed by atoms with Crippen LogP contribution >= 0.6 is 0 Å². The van der Waals surface area contributed by atoms with Crippen molar-refractivity contribution in [2.24, 2.45) is 17.3 Å². The second-order valence-corrected chi connectivity index (χ2v) is 12.6. The van der Waals surface area contributed by atoms with Crippen LogP contribution in [0, 0.1) is 17.3 Å². The van der Waals surface area contributed by atoms with Crippen LogP contribution in [0.2, 0.25) is 0 Å². The van der Waals surface area contributed by atoms with E-state index < -0.39 is 41.4 Å². The minimum atomic E-state index is -5.85. The molecule has 40 heavy (non-hydrogen) atoms. The van der Waals surface area contributed by atoms with Crippen LogP contribution in [0.1, 0.15) is 68.9 Å². The minimum absolute atomic E-state index is 0.000787. The highest BCUT2D eigenvalue weighted by molar-refractivity contribution is 5.93. The van der Waals surface area contributed by atoms with Gasteiger partial charge in [0.25, 0.3) is 0 Å².